The molecule has 36 heavy (non-hydrogen) atoms. The monoisotopic (exact) mass is 539 g/mol. The third-order valence-electron chi connectivity index (χ3n) is 4.83. The predicted octanol–water partition coefficient (Wildman–Crippen LogP) is 4.37. The highest BCUT2D eigenvalue weighted by molar-refractivity contribution is 7.89. The quantitative estimate of drug-likeness (QED) is 0.172. The molecule has 9 nitrogen and oxygen atoms in total. The topological polar surface area (TPSA) is 123 Å². The molecule has 2 aromatic rings. The smallest absolute Gasteiger partial charge is 0.239 e. The summed E-state index contributed by atoms with van der Waals surface area (Å²) in [6.45, 7) is 3.75. The maximum Gasteiger partial charge on any atom is 0.239 e. The van der Waals surface area contributed by atoms with Gasteiger partial charge in [0.15, 0.2) is 19.4 Å². The van der Waals surface area contributed by atoms with E-state index in [4.69, 9.17) is 40.4 Å². The Hall–Kier alpha value is -2.89. The molecule has 0 atom stereocenters. The van der Waals surface area contributed by atoms with Crippen molar-refractivity contribution >= 4 is 33.5 Å². The number of primary sulfonamides is 1. The summed E-state index contributed by atoms with van der Waals surface area (Å²) < 4.78 is 50.8. The molecule has 0 unspecified atom stereocenters. The average molecular weight is 540 g/mol. The van der Waals surface area contributed by atoms with Crippen molar-refractivity contribution < 1.29 is 36.9 Å². The Bertz CT molecular complexity index is 1250. The molecule has 11 heteroatoms. The Morgan fingerprint density at radius 2 is 1.69 bits per heavy atom. The molecule has 2 aromatic carbocycles. The van der Waals surface area contributed by atoms with Crippen LogP contribution in [-0.4, -0.2) is 49.1 Å². The lowest BCUT2D eigenvalue weighted by Crippen LogP contribution is -2.13. The number of hydrogen-bond acceptors (Lipinski definition) is 8. The SMILES string of the molecule is COCOc1cc(OC)c(C(=O)C=Cc2ccc(Cl)c(S(N)(=O)=O)c2)c(OCOC)c1CC=C(C)C. The zero-order chi connectivity index (χ0) is 26.9. The fourth-order valence-corrected chi connectivity index (χ4v) is 4.25. The number of ketones is 1. The molecule has 196 valence electrons. The van der Waals surface area contributed by atoms with Crippen molar-refractivity contribution in [3.05, 3.63) is 63.7 Å². The van der Waals surface area contributed by atoms with Crippen LogP contribution < -0.4 is 19.3 Å². The van der Waals surface area contributed by atoms with E-state index in [2.05, 4.69) is 0 Å². The highest BCUT2D eigenvalue weighted by Gasteiger charge is 2.25. The molecule has 0 aliphatic carbocycles. The zero-order valence-corrected chi connectivity index (χ0v) is 22.4. The van der Waals surface area contributed by atoms with Gasteiger partial charge in [0.05, 0.1) is 12.1 Å². The number of sulfonamides is 1. The predicted molar refractivity (Wildman–Crippen MR) is 137 cm³/mol. The van der Waals surface area contributed by atoms with E-state index in [0.717, 1.165) is 5.57 Å². The Morgan fingerprint density at radius 3 is 2.28 bits per heavy atom. The van der Waals surface area contributed by atoms with Crippen LogP contribution in [0.3, 0.4) is 0 Å². The van der Waals surface area contributed by atoms with Gasteiger partial charge in [-0.3, -0.25) is 4.79 Å². The molecule has 0 aliphatic heterocycles. The normalized spacial score (nSPS) is 11.4. The summed E-state index contributed by atoms with van der Waals surface area (Å²) in [5.74, 6) is 0.412. The molecule has 0 heterocycles. The van der Waals surface area contributed by atoms with Gasteiger partial charge in [-0.25, -0.2) is 13.6 Å². The van der Waals surface area contributed by atoms with E-state index in [1.165, 1.54) is 45.6 Å². The van der Waals surface area contributed by atoms with Crippen molar-refractivity contribution in [2.45, 2.75) is 25.2 Å². The first-order valence-corrected chi connectivity index (χ1v) is 12.6. The molecular formula is C25H30ClNO8S. The second kappa shape index (κ2) is 13.4. The number of allylic oxidation sites excluding steroid dienone is 3. The number of methoxy groups -OCH3 is 3. The maximum atomic E-state index is 13.4. The lowest BCUT2D eigenvalue weighted by Gasteiger charge is -2.20. The number of hydrogen-bond donors (Lipinski definition) is 1. The second-order valence-electron chi connectivity index (χ2n) is 7.78. The number of carbonyl (C=O) groups is 1. The highest BCUT2D eigenvalue weighted by Crippen LogP contribution is 2.41. The average Bonchev–Trinajstić information content (AvgIpc) is 2.82. The first-order chi connectivity index (χ1) is 17.0. The van der Waals surface area contributed by atoms with Crippen molar-refractivity contribution in [3.8, 4) is 17.2 Å². The Morgan fingerprint density at radius 1 is 1.03 bits per heavy atom. The number of nitrogens with two attached hydrogens (primary N) is 1. The van der Waals surface area contributed by atoms with Crippen LogP contribution in [0.15, 0.2) is 46.9 Å². The number of carbonyl (C=O) groups excluding carboxylic acids is 1. The third kappa shape index (κ3) is 7.81. The molecular weight excluding hydrogens is 510 g/mol. The van der Waals surface area contributed by atoms with Gasteiger partial charge in [0.25, 0.3) is 0 Å². The number of ether oxygens (including phenoxy) is 5. The first kappa shape index (κ1) is 29.3. The summed E-state index contributed by atoms with van der Waals surface area (Å²) in [7, 11) is 0.338. The van der Waals surface area contributed by atoms with Crippen molar-refractivity contribution in [2.75, 3.05) is 34.9 Å². The molecule has 0 saturated heterocycles. The van der Waals surface area contributed by atoms with Crippen LogP contribution in [-0.2, 0) is 25.9 Å². The molecule has 0 amide bonds. The van der Waals surface area contributed by atoms with Crippen LogP contribution in [0.4, 0.5) is 0 Å². The fourth-order valence-electron chi connectivity index (χ4n) is 3.17. The maximum absolute atomic E-state index is 13.4. The van der Waals surface area contributed by atoms with E-state index < -0.39 is 15.8 Å². The van der Waals surface area contributed by atoms with E-state index in [1.807, 2.05) is 19.9 Å². The molecule has 0 bridgehead atoms. The van der Waals surface area contributed by atoms with Crippen LogP contribution in [0.5, 0.6) is 17.2 Å². The Balaban J connectivity index is 2.65. The molecule has 0 spiro atoms. The van der Waals surface area contributed by atoms with E-state index in [1.54, 1.807) is 12.1 Å². The lowest BCUT2D eigenvalue weighted by atomic mass is 9.99. The standard InChI is InChI=1S/C25H30ClNO8S/c1-16(2)6-9-18-21(34-14-31-3)13-22(33-5)24(25(18)35-15-32-4)20(28)11-8-17-7-10-19(26)23(12-17)36(27,29)30/h6-8,10-13H,9,14-15H2,1-5H3,(H2,27,29,30). The number of rotatable bonds is 13. The van der Waals surface area contributed by atoms with Crippen LogP contribution in [0.1, 0.15) is 35.3 Å². The van der Waals surface area contributed by atoms with Crippen LogP contribution in [0.2, 0.25) is 5.02 Å². The van der Waals surface area contributed by atoms with Gasteiger partial charge in [-0.2, -0.15) is 0 Å². The Labute approximate surface area is 216 Å². The molecule has 2 rings (SSSR count). The van der Waals surface area contributed by atoms with Crippen molar-refractivity contribution in [3.63, 3.8) is 0 Å². The molecule has 0 aliphatic rings. The third-order valence-corrected chi connectivity index (χ3v) is 6.22. The van der Waals surface area contributed by atoms with E-state index in [0.29, 0.717) is 23.3 Å². The minimum atomic E-state index is -4.04. The van der Waals surface area contributed by atoms with Crippen LogP contribution in [0, 0.1) is 0 Å². The largest absolute Gasteiger partial charge is 0.496 e. The highest BCUT2D eigenvalue weighted by atomic mass is 35.5. The molecule has 0 radical (unpaired) electrons. The Kier molecular flexibility index (Phi) is 10.9. The number of halogens is 1. The summed E-state index contributed by atoms with van der Waals surface area (Å²) in [5, 5.41) is 5.20. The zero-order valence-electron chi connectivity index (χ0n) is 20.8. The van der Waals surface area contributed by atoms with Gasteiger partial charge >= 0.3 is 0 Å². The minimum absolute atomic E-state index is 0.0199. The lowest BCUT2D eigenvalue weighted by molar-refractivity contribution is 0.0441. The van der Waals surface area contributed by atoms with Gasteiger partial charge in [0, 0.05) is 25.8 Å². The minimum Gasteiger partial charge on any atom is -0.496 e. The summed E-state index contributed by atoms with van der Waals surface area (Å²) in [6, 6.07) is 5.82. The van der Waals surface area contributed by atoms with Crippen LogP contribution >= 0.6 is 11.6 Å². The van der Waals surface area contributed by atoms with E-state index >= 15 is 0 Å². The van der Waals surface area contributed by atoms with E-state index in [9.17, 15) is 13.2 Å². The van der Waals surface area contributed by atoms with Gasteiger partial charge in [-0.1, -0.05) is 35.4 Å². The second-order valence-corrected chi connectivity index (χ2v) is 9.72. The van der Waals surface area contributed by atoms with Crippen molar-refractivity contribution in [1.29, 1.82) is 0 Å². The summed E-state index contributed by atoms with van der Waals surface area (Å²) in [4.78, 5) is 13.2. The van der Waals surface area contributed by atoms with Gasteiger partial charge in [-0.05, 0) is 44.0 Å². The van der Waals surface area contributed by atoms with Crippen LogP contribution in [0.25, 0.3) is 6.08 Å². The molecule has 2 N–H and O–H groups in total. The number of benzene rings is 2. The molecule has 0 fully saturated rings. The van der Waals surface area contributed by atoms with Gasteiger partial charge in [0.2, 0.25) is 10.0 Å². The van der Waals surface area contributed by atoms with Gasteiger partial charge in [0.1, 0.15) is 27.7 Å². The van der Waals surface area contributed by atoms with Crippen molar-refractivity contribution in [2.24, 2.45) is 5.14 Å². The van der Waals surface area contributed by atoms with Crippen molar-refractivity contribution in [1.82, 2.24) is 0 Å². The first-order valence-electron chi connectivity index (χ1n) is 10.7. The summed E-state index contributed by atoms with van der Waals surface area (Å²) >= 11 is 5.95. The fraction of sp³-hybridized carbons (Fsp3) is 0.320. The summed E-state index contributed by atoms with van der Waals surface area (Å²) in [5.41, 5.74) is 2.21. The van der Waals surface area contributed by atoms with E-state index in [-0.39, 0.29) is 40.6 Å². The van der Waals surface area contributed by atoms with Gasteiger partial charge < -0.3 is 23.7 Å². The summed E-state index contributed by atoms with van der Waals surface area (Å²) in [6.07, 6.45) is 5.09. The van der Waals surface area contributed by atoms with Gasteiger partial charge in [-0.15, -0.1) is 0 Å². The molecule has 0 aromatic heterocycles. The molecule has 0 saturated carbocycles.